The topological polar surface area (TPSA) is 57.4 Å². The average Bonchev–Trinajstić information content (AvgIpc) is 2.98. The quantitative estimate of drug-likeness (QED) is 0.839. The van der Waals surface area contributed by atoms with Gasteiger partial charge in [-0.1, -0.05) is 15.9 Å². The monoisotopic (exact) mass is 356 g/mol. The Morgan fingerprint density at radius 3 is 3.10 bits per heavy atom. The maximum atomic E-state index is 13.5. The van der Waals surface area contributed by atoms with Crippen LogP contribution in [0.4, 0.5) is 4.39 Å². The van der Waals surface area contributed by atoms with Crippen LogP contribution < -0.4 is 4.74 Å². The van der Waals surface area contributed by atoms with Crippen molar-refractivity contribution in [1.29, 1.82) is 0 Å². The number of halogens is 2. The van der Waals surface area contributed by atoms with Crippen LogP contribution in [0.3, 0.4) is 0 Å². The third-order valence-corrected chi connectivity index (χ3v) is 3.73. The minimum atomic E-state index is -0.432. The van der Waals surface area contributed by atoms with Gasteiger partial charge >= 0.3 is 0 Å². The lowest BCUT2D eigenvalue weighted by Gasteiger charge is -2.18. The Hall–Kier alpha value is -1.47. The van der Waals surface area contributed by atoms with Gasteiger partial charge in [-0.25, -0.2) is 4.39 Å². The van der Waals surface area contributed by atoms with Crippen molar-refractivity contribution in [2.45, 2.75) is 25.4 Å². The van der Waals surface area contributed by atoms with Crippen molar-refractivity contribution >= 4 is 15.9 Å². The molecule has 1 atom stereocenters. The van der Waals surface area contributed by atoms with Crippen molar-refractivity contribution in [1.82, 2.24) is 10.2 Å². The molecule has 1 saturated heterocycles. The Labute approximate surface area is 129 Å². The van der Waals surface area contributed by atoms with E-state index in [4.69, 9.17) is 13.9 Å². The molecule has 0 aliphatic carbocycles. The number of aromatic nitrogens is 2. The molecule has 1 aliphatic heterocycles. The summed E-state index contributed by atoms with van der Waals surface area (Å²) in [5, 5.41) is 7.94. The van der Waals surface area contributed by atoms with Crippen molar-refractivity contribution in [3.05, 3.63) is 40.3 Å². The molecule has 1 aromatic heterocycles. The van der Waals surface area contributed by atoms with E-state index in [9.17, 15) is 4.39 Å². The minimum Gasteiger partial charge on any atom is -0.481 e. The second-order valence-electron chi connectivity index (χ2n) is 4.81. The zero-order valence-electron chi connectivity index (χ0n) is 11.2. The van der Waals surface area contributed by atoms with E-state index in [1.165, 1.54) is 6.07 Å². The first-order valence-electron chi connectivity index (χ1n) is 6.70. The molecule has 1 aromatic carbocycles. The van der Waals surface area contributed by atoms with Crippen LogP contribution in [0.5, 0.6) is 5.75 Å². The Morgan fingerprint density at radius 2 is 2.29 bits per heavy atom. The Bertz CT molecular complexity index is 614. The molecule has 2 heterocycles. The van der Waals surface area contributed by atoms with Gasteiger partial charge in [-0.3, -0.25) is 0 Å². The summed E-state index contributed by atoms with van der Waals surface area (Å²) in [5.74, 6) is 0.740. The number of benzene rings is 1. The zero-order valence-corrected chi connectivity index (χ0v) is 12.8. The van der Waals surface area contributed by atoms with Gasteiger partial charge in [0.1, 0.15) is 0 Å². The Kier molecular flexibility index (Phi) is 4.50. The molecule has 0 spiro atoms. The van der Waals surface area contributed by atoms with Gasteiger partial charge in [0.15, 0.2) is 18.2 Å². The second-order valence-corrected chi connectivity index (χ2v) is 5.73. The van der Waals surface area contributed by atoms with Crippen molar-refractivity contribution < 1.29 is 18.3 Å². The van der Waals surface area contributed by atoms with E-state index < -0.39 is 5.82 Å². The molecule has 3 rings (SSSR count). The molecule has 0 radical (unpaired) electrons. The second kappa shape index (κ2) is 6.53. The first-order chi connectivity index (χ1) is 10.2. The molecular formula is C14H14BrFN2O3. The van der Waals surface area contributed by atoms with Gasteiger partial charge in [0.25, 0.3) is 5.89 Å². The van der Waals surface area contributed by atoms with Crippen LogP contribution in [0.15, 0.2) is 27.1 Å². The standard InChI is InChI=1S/C14H14BrFN2O3/c15-10-3-4-11(16)12(6-10)20-8-13-17-18-14(21-13)9-2-1-5-19-7-9/h3-4,6,9H,1-2,5,7-8H2. The molecule has 5 nitrogen and oxygen atoms in total. The molecule has 21 heavy (non-hydrogen) atoms. The highest BCUT2D eigenvalue weighted by molar-refractivity contribution is 9.10. The zero-order chi connectivity index (χ0) is 14.7. The molecule has 1 fully saturated rings. The van der Waals surface area contributed by atoms with Gasteiger partial charge in [-0.05, 0) is 31.0 Å². The molecule has 0 saturated carbocycles. The largest absolute Gasteiger partial charge is 0.481 e. The van der Waals surface area contributed by atoms with Gasteiger partial charge in [0.2, 0.25) is 5.89 Å². The first-order valence-corrected chi connectivity index (χ1v) is 7.49. The number of nitrogens with zero attached hydrogens (tertiary/aromatic N) is 2. The van der Waals surface area contributed by atoms with E-state index in [1.54, 1.807) is 12.1 Å². The average molecular weight is 357 g/mol. The maximum Gasteiger partial charge on any atom is 0.253 e. The molecule has 7 heteroatoms. The van der Waals surface area contributed by atoms with Crippen LogP contribution in [-0.2, 0) is 11.3 Å². The first kappa shape index (κ1) is 14.5. The van der Waals surface area contributed by atoms with E-state index in [1.807, 2.05) is 0 Å². The maximum absolute atomic E-state index is 13.5. The van der Waals surface area contributed by atoms with E-state index >= 15 is 0 Å². The van der Waals surface area contributed by atoms with Crippen LogP contribution in [-0.4, -0.2) is 23.4 Å². The van der Waals surface area contributed by atoms with Crippen LogP contribution in [0.25, 0.3) is 0 Å². The molecule has 0 bridgehead atoms. The van der Waals surface area contributed by atoms with Gasteiger partial charge in [-0.15, -0.1) is 10.2 Å². The number of hydrogen-bond donors (Lipinski definition) is 0. The van der Waals surface area contributed by atoms with Crippen LogP contribution in [0, 0.1) is 5.82 Å². The lowest BCUT2D eigenvalue weighted by atomic mass is 10.0. The van der Waals surface area contributed by atoms with E-state index in [0.717, 1.165) is 23.9 Å². The number of rotatable bonds is 4. The predicted molar refractivity (Wildman–Crippen MR) is 75.5 cm³/mol. The summed E-state index contributed by atoms with van der Waals surface area (Å²) in [7, 11) is 0. The molecule has 112 valence electrons. The van der Waals surface area contributed by atoms with E-state index in [-0.39, 0.29) is 18.3 Å². The van der Waals surface area contributed by atoms with Crippen molar-refractivity contribution in [2.75, 3.05) is 13.2 Å². The van der Waals surface area contributed by atoms with Gasteiger partial charge in [0.05, 0.1) is 12.5 Å². The van der Waals surface area contributed by atoms with Gasteiger partial charge < -0.3 is 13.9 Å². The van der Waals surface area contributed by atoms with Crippen molar-refractivity contribution in [3.63, 3.8) is 0 Å². The fourth-order valence-corrected chi connectivity index (χ4v) is 2.49. The number of hydrogen-bond acceptors (Lipinski definition) is 5. The number of ether oxygens (including phenoxy) is 2. The fourth-order valence-electron chi connectivity index (χ4n) is 2.15. The Balaban J connectivity index is 1.63. The van der Waals surface area contributed by atoms with Crippen LogP contribution in [0.2, 0.25) is 0 Å². The summed E-state index contributed by atoms with van der Waals surface area (Å²) in [6.07, 6.45) is 1.96. The summed E-state index contributed by atoms with van der Waals surface area (Å²) >= 11 is 3.27. The molecule has 2 aromatic rings. The minimum absolute atomic E-state index is 0.0357. The predicted octanol–water partition coefficient (Wildman–Crippen LogP) is 3.44. The summed E-state index contributed by atoms with van der Waals surface area (Å²) < 4.78 is 30.6. The fraction of sp³-hybridized carbons (Fsp3) is 0.429. The summed E-state index contributed by atoms with van der Waals surface area (Å²) in [4.78, 5) is 0. The highest BCUT2D eigenvalue weighted by Crippen LogP contribution is 2.25. The molecule has 1 aliphatic rings. The van der Waals surface area contributed by atoms with Crippen LogP contribution >= 0.6 is 15.9 Å². The van der Waals surface area contributed by atoms with Gasteiger partial charge in [0, 0.05) is 11.1 Å². The highest BCUT2D eigenvalue weighted by Gasteiger charge is 2.22. The lowest BCUT2D eigenvalue weighted by molar-refractivity contribution is 0.0716. The summed E-state index contributed by atoms with van der Waals surface area (Å²) in [6, 6.07) is 4.50. The van der Waals surface area contributed by atoms with Crippen molar-refractivity contribution in [3.8, 4) is 5.75 Å². The summed E-state index contributed by atoms with van der Waals surface area (Å²) in [5.41, 5.74) is 0. The van der Waals surface area contributed by atoms with E-state index in [0.29, 0.717) is 18.4 Å². The molecular weight excluding hydrogens is 343 g/mol. The van der Waals surface area contributed by atoms with Crippen LogP contribution in [0.1, 0.15) is 30.5 Å². The molecule has 0 amide bonds. The smallest absolute Gasteiger partial charge is 0.253 e. The molecule has 0 N–H and O–H groups in total. The third kappa shape index (κ3) is 3.59. The highest BCUT2D eigenvalue weighted by atomic mass is 79.9. The van der Waals surface area contributed by atoms with Crippen molar-refractivity contribution in [2.24, 2.45) is 0 Å². The summed E-state index contributed by atoms with van der Waals surface area (Å²) in [6.45, 7) is 1.42. The third-order valence-electron chi connectivity index (χ3n) is 3.24. The lowest BCUT2D eigenvalue weighted by Crippen LogP contribution is -2.15. The SMILES string of the molecule is Fc1ccc(Br)cc1OCc1nnc(C2CCCOC2)o1. The Morgan fingerprint density at radius 1 is 1.38 bits per heavy atom. The van der Waals surface area contributed by atoms with E-state index in [2.05, 4.69) is 26.1 Å². The molecule has 1 unspecified atom stereocenters. The normalized spacial score (nSPS) is 18.7. The van der Waals surface area contributed by atoms with Gasteiger partial charge in [-0.2, -0.15) is 0 Å².